The lowest BCUT2D eigenvalue weighted by Crippen LogP contribution is -2.14. The van der Waals surface area contributed by atoms with Crippen LogP contribution in [0.1, 0.15) is 13.8 Å². The number of carbonyl (C=O) groups excluding carboxylic acids is 1. The summed E-state index contributed by atoms with van der Waals surface area (Å²) < 4.78 is 4.48. The normalized spacial score (nSPS) is 11.4. The van der Waals surface area contributed by atoms with E-state index in [-0.39, 0.29) is 10.9 Å². The van der Waals surface area contributed by atoms with Crippen LogP contribution in [0.5, 0.6) is 0 Å². The number of hydrogen-bond acceptors (Lipinski definition) is 5. The first-order valence-corrected chi connectivity index (χ1v) is 3.25. The highest BCUT2D eigenvalue weighted by Crippen LogP contribution is 1.95. The number of nitrogens with two attached hydrogens (primary N) is 1. The van der Waals surface area contributed by atoms with Crippen molar-refractivity contribution in [2.75, 3.05) is 6.79 Å². The maximum absolute atomic E-state index is 10.7. The van der Waals surface area contributed by atoms with E-state index in [0.29, 0.717) is 0 Å². The van der Waals surface area contributed by atoms with E-state index in [1.54, 1.807) is 13.8 Å². The van der Waals surface area contributed by atoms with Crippen LogP contribution in [0.3, 0.4) is 0 Å². The van der Waals surface area contributed by atoms with Crippen molar-refractivity contribution in [3.8, 4) is 0 Å². The molecule has 70 valence electrons. The average molecular weight is 177 g/mol. The Morgan fingerprint density at radius 2 is 2.33 bits per heavy atom. The maximum atomic E-state index is 10.7. The van der Waals surface area contributed by atoms with Gasteiger partial charge in [0, 0.05) is 0 Å². The lowest BCUT2D eigenvalue weighted by atomic mass is 10.2. The molecule has 0 saturated heterocycles. The van der Waals surface area contributed by atoms with Crippen LogP contribution in [-0.4, -0.2) is 17.7 Å². The second-order valence-corrected chi connectivity index (χ2v) is 2.25. The number of esters is 1. The highest BCUT2D eigenvalue weighted by Gasteiger charge is 2.07. The molecule has 0 aliphatic rings. The Kier molecular flexibility index (Phi) is 4.51. The third-order valence-electron chi connectivity index (χ3n) is 0.864. The molecular weight excluding hydrogens is 166 g/mol. The number of hydrazine groups is 1. The second kappa shape index (κ2) is 5.16. The van der Waals surface area contributed by atoms with Crippen LogP contribution in [-0.2, 0) is 14.4 Å². The van der Waals surface area contributed by atoms with Gasteiger partial charge in [0.2, 0.25) is 5.28 Å². The van der Waals surface area contributed by atoms with Gasteiger partial charge in [-0.15, -0.1) is 0 Å². The van der Waals surface area contributed by atoms with Crippen molar-refractivity contribution in [1.29, 1.82) is 0 Å². The summed E-state index contributed by atoms with van der Waals surface area (Å²) in [6.45, 7) is 2.93. The van der Waals surface area contributed by atoms with E-state index in [4.69, 9.17) is 0 Å². The Morgan fingerprint density at radius 3 is 2.75 bits per heavy atom. The van der Waals surface area contributed by atoms with Gasteiger partial charge in [0.1, 0.15) is 0 Å². The molecule has 12 heavy (non-hydrogen) atoms. The molecule has 0 amide bonds. The smallest absolute Gasteiger partial charge is 0.311 e. The molecular formula is C5H11N3O4. The minimum Gasteiger partial charge on any atom is -0.569 e. The molecule has 0 bridgehead atoms. The summed E-state index contributed by atoms with van der Waals surface area (Å²) in [6.07, 6.45) is 0. The number of rotatable bonds is 4. The first-order valence-electron chi connectivity index (χ1n) is 3.25. The molecule has 0 aromatic heterocycles. The minimum atomic E-state index is -0.431. The van der Waals surface area contributed by atoms with Crippen molar-refractivity contribution >= 4 is 5.97 Å². The van der Waals surface area contributed by atoms with E-state index < -0.39 is 12.8 Å². The molecule has 0 saturated carbocycles. The lowest BCUT2D eigenvalue weighted by Gasteiger charge is -2.03. The molecule has 0 aliphatic carbocycles. The van der Waals surface area contributed by atoms with Gasteiger partial charge in [-0.05, 0) is 0 Å². The van der Waals surface area contributed by atoms with Crippen molar-refractivity contribution in [2.24, 2.45) is 17.0 Å². The van der Waals surface area contributed by atoms with E-state index in [2.05, 4.69) is 20.7 Å². The Hall–Kier alpha value is -1.53. The number of carbonyl (C=O) groups is 1. The molecule has 0 heterocycles. The monoisotopic (exact) mass is 177 g/mol. The zero-order valence-electron chi connectivity index (χ0n) is 6.89. The van der Waals surface area contributed by atoms with Crippen molar-refractivity contribution in [3.63, 3.8) is 0 Å². The molecule has 0 rings (SSSR count). The Bertz CT molecular complexity index is 176. The van der Waals surface area contributed by atoms with Gasteiger partial charge in [0.25, 0.3) is 6.79 Å². The molecule has 0 aliphatic heterocycles. The summed E-state index contributed by atoms with van der Waals surface area (Å²) in [6, 6.07) is 0. The van der Waals surface area contributed by atoms with Crippen LogP contribution in [0.4, 0.5) is 0 Å². The van der Waals surface area contributed by atoms with Crippen molar-refractivity contribution in [1.82, 2.24) is 0 Å². The van der Waals surface area contributed by atoms with Gasteiger partial charge in [0.15, 0.2) is 0 Å². The van der Waals surface area contributed by atoms with Crippen LogP contribution < -0.4 is 5.84 Å². The SMILES string of the molecule is CC(C)C(=O)OCO/N=[N+](\N)[O-]. The van der Waals surface area contributed by atoms with Crippen LogP contribution in [0.2, 0.25) is 0 Å². The van der Waals surface area contributed by atoms with E-state index in [9.17, 15) is 10.0 Å². The van der Waals surface area contributed by atoms with E-state index >= 15 is 0 Å². The summed E-state index contributed by atoms with van der Waals surface area (Å²) in [7, 11) is 0. The van der Waals surface area contributed by atoms with Gasteiger partial charge in [-0.25, -0.2) is 0 Å². The zero-order chi connectivity index (χ0) is 9.56. The first-order chi connectivity index (χ1) is 5.54. The predicted molar refractivity (Wildman–Crippen MR) is 37.1 cm³/mol. The Morgan fingerprint density at radius 1 is 1.75 bits per heavy atom. The average Bonchev–Trinajstić information content (AvgIpc) is 1.97. The van der Waals surface area contributed by atoms with Crippen LogP contribution in [0, 0.1) is 11.1 Å². The molecule has 7 nitrogen and oxygen atoms in total. The summed E-state index contributed by atoms with van der Waals surface area (Å²) >= 11 is 0. The third kappa shape index (κ3) is 5.27. The molecule has 0 spiro atoms. The third-order valence-corrected chi connectivity index (χ3v) is 0.864. The fraction of sp³-hybridized carbons (Fsp3) is 0.800. The first kappa shape index (κ1) is 10.5. The number of ether oxygens (including phenoxy) is 1. The van der Waals surface area contributed by atoms with Gasteiger partial charge in [-0.1, -0.05) is 13.8 Å². The van der Waals surface area contributed by atoms with E-state index in [1.165, 1.54) is 0 Å². The molecule has 0 aromatic carbocycles. The van der Waals surface area contributed by atoms with Gasteiger partial charge in [-0.2, -0.15) is 5.84 Å². The Labute approximate surface area is 69.3 Å². The predicted octanol–water partition coefficient (Wildman–Crippen LogP) is -0.0891. The van der Waals surface area contributed by atoms with Gasteiger partial charge < -0.3 is 14.8 Å². The lowest BCUT2D eigenvalue weighted by molar-refractivity contribution is -0.571. The summed E-state index contributed by atoms with van der Waals surface area (Å²) in [5.74, 6) is 3.84. The number of nitrogens with zero attached hydrogens (tertiary/aromatic N) is 2. The maximum Gasteiger partial charge on any atom is 0.311 e. The van der Waals surface area contributed by atoms with Crippen LogP contribution in [0.15, 0.2) is 5.28 Å². The summed E-state index contributed by atoms with van der Waals surface area (Å²) in [4.78, 5) is 14.6. The molecule has 0 radical (unpaired) electrons. The fourth-order valence-electron chi connectivity index (χ4n) is 0.332. The molecule has 2 N–H and O–H groups in total. The topological polar surface area (TPSA) is 100.0 Å². The highest BCUT2D eigenvalue weighted by atomic mass is 16.8. The second-order valence-electron chi connectivity index (χ2n) is 2.25. The van der Waals surface area contributed by atoms with E-state index in [0.717, 1.165) is 0 Å². The van der Waals surface area contributed by atoms with Crippen molar-refractivity contribution < 1.29 is 19.3 Å². The fourth-order valence-corrected chi connectivity index (χ4v) is 0.332. The summed E-state index contributed by atoms with van der Waals surface area (Å²) in [5, 5.41) is 12.6. The van der Waals surface area contributed by atoms with Crippen molar-refractivity contribution in [2.45, 2.75) is 13.8 Å². The standard InChI is InChI=1S/C5H11N3O4/c1-4(2)5(9)11-3-12-7-8(6)10/h4H,3H2,1-2H3,(H2,6,7). The molecule has 0 fully saturated rings. The molecule has 0 aromatic rings. The van der Waals surface area contributed by atoms with E-state index in [1.807, 2.05) is 0 Å². The Balaban J connectivity index is 3.45. The highest BCUT2D eigenvalue weighted by molar-refractivity contribution is 5.71. The molecule has 0 atom stereocenters. The van der Waals surface area contributed by atoms with Gasteiger partial charge in [0.05, 0.1) is 10.9 Å². The van der Waals surface area contributed by atoms with Gasteiger partial charge in [-0.3, -0.25) is 4.79 Å². The van der Waals surface area contributed by atoms with Crippen molar-refractivity contribution in [3.05, 3.63) is 5.21 Å². The van der Waals surface area contributed by atoms with Crippen LogP contribution >= 0.6 is 0 Å². The minimum absolute atomic E-state index is 0.241. The zero-order valence-corrected chi connectivity index (χ0v) is 6.89. The summed E-state index contributed by atoms with van der Waals surface area (Å²) in [5.41, 5.74) is 0. The van der Waals surface area contributed by atoms with Crippen LogP contribution in [0.25, 0.3) is 0 Å². The van der Waals surface area contributed by atoms with Gasteiger partial charge >= 0.3 is 5.97 Å². The molecule has 0 unspecified atom stereocenters. The number of hydrogen-bond donors (Lipinski definition) is 1. The largest absolute Gasteiger partial charge is 0.569 e. The molecule has 7 heteroatoms. The quantitative estimate of drug-likeness (QED) is 0.123.